The minimum Gasteiger partial charge on any atom is -0.387 e. The molecule has 10 nitrogen and oxygen atoms in total. The number of ketones is 1. The Balaban J connectivity index is 4.39. The van der Waals surface area contributed by atoms with Gasteiger partial charge in [-0.25, -0.2) is 0 Å². The molecule has 0 saturated heterocycles. The highest BCUT2D eigenvalue weighted by atomic mass is 16.4. The van der Waals surface area contributed by atoms with E-state index in [1.165, 1.54) is 0 Å². The van der Waals surface area contributed by atoms with Crippen LogP contribution in [0.25, 0.3) is 0 Å². The Kier molecular flexibility index (Phi) is 13.2. The Labute approximate surface area is 165 Å². The first-order valence-electron chi connectivity index (χ1n) is 9.47. The molecule has 0 rings (SSSR count). The second kappa shape index (κ2) is 14.2. The summed E-state index contributed by atoms with van der Waals surface area (Å²) < 4.78 is 0. The zero-order valence-electron chi connectivity index (χ0n) is 16.6. The normalized spacial score (nSPS) is 16.1. The number of rotatable bonds is 15. The Morgan fingerprint density at radius 2 is 1.64 bits per heavy atom. The number of Topliss-reactive ketones (excluding diaryl/α,β-unsaturated/α-hetero) is 1. The molecule has 0 aliphatic carbocycles. The summed E-state index contributed by atoms with van der Waals surface area (Å²) in [5, 5.41) is 49.1. The van der Waals surface area contributed by atoms with Crippen LogP contribution < -0.4 is 11.1 Å². The van der Waals surface area contributed by atoms with Crippen LogP contribution in [0.1, 0.15) is 52.4 Å². The van der Waals surface area contributed by atoms with Gasteiger partial charge in [0.2, 0.25) is 0 Å². The highest BCUT2D eigenvalue weighted by Crippen LogP contribution is 2.09. The van der Waals surface area contributed by atoms with Crippen molar-refractivity contribution in [1.29, 1.82) is 5.41 Å². The van der Waals surface area contributed by atoms with E-state index in [-0.39, 0.29) is 19.4 Å². The highest BCUT2D eigenvalue weighted by molar-refractivity contribution is 5.87. The van der Waals surface area contributed by atoms with Crippen LogP contribution in [0.2, 0.25) is 0 Å². The van der Waals surface area contributed by atoms with Crippen LogP contribution in [-0.2, 0) is 9.59 Å². The third-order valence-electron chi connectivity index (χ3n) is 4.08. The lowest BCUT2D eigenvalue weighted by Crippen LogP contribution is -2.52. The Hall–Kier alpha value is -1.88. The average Bonchev–Trinajstić information content (AvgIpc) is 2.67. The average molecular weight is 402 g/mol. The maximum atomic E-state index is 11.9. The summed E-state index contributed by atoms with van der Waals surface area (Å²) in [6.45, 7) is 4.13. The zero-order valence-corrected chi connectivity index (χ0v) is 16.6. The van der Waals surface area contributed by atoms with Gasteiger partial charge in [0, 0.05) is 31.6 Å². The molecule has 0 saturated carbocycles. The fourth-order valence-electron chi connectivity index (χ4n) is 2.23. The number of unbranched alkanes of at least 4 members (excludes halogenated alkanes) is 1. The molecule has 0 heterocycles. The van der Waals surface area contributed by atoms with E-state index in [1.807, 2.05) is 6.92 Å². The lowest BCUT2D eigenvalue weighted by atomic mass is 9.97. The lowest BCUT2D eigenvalue weighted by molar-refractivity contribution is -0.154. The third-order valence-corrected chi connectivity index (χ3v) is 4.08. The summed E-state index contributed by atoms with van der Waals surface area (Å²) in [4.78, 5) is 27.7. The van der Waals surface area contributed by atoms with Crippen LogP contribution in [0.15, 0.2) is 4.99 Å². The van der Waals surface area contributed by atoms with Crippen molar-refractivity contribution in [1.82, 2.24) is 5.32 Å². The molecule has 4 atom stereocenters. The van der Waals surface area contributed by atoms with E-state index < -0.39 is 36.1 Å². The van der Waals surface area contributed by atoms with E-state index in [0.717, 1.165) is 6.42 Å². The second-order valence-electron chi connectivity index (χ2n) is 6.74. The summed E-state index contributed by atoms with van der Waals surface area (Å²) >= 11 is 0. The first kappa shape index (κ1) is 26.1. The largest absolute Gasteiger partial charge is 0.387 e. The molecule has 8 N–H and O–H groups in total. The number of nitrogens with two attached hydrogens (primary N) is 1. The molecule has 0 aliphatic heterocycles. The molecule has 0 aromatic heterocycles. The van der Waals surface area contributed by atoms with Crippen LogP contribution >= 0.6 is 0 Å². The standard InChI is InChI=1S/C18H34N4O6/c1-3-4-9-22-18(28)17(27)16(26)15(25)14(24)12(23)6-5-10-21-13(20)8-7-11(2)19/h14-17,19,24-27H,3-10H2,1-2H3,(H2,20,21)(H,22,28)/t14-,15+,16+,17-/m0/s1. The first-order valence-corrected chi connectivity index (χ1v) is 9.47. The number of aliphatic hydroxyl groups excluding tert-OH is 4. The molecule has 0 aliphatic rings. The molecular weight excluding hydrogens is 368 g/mol. The lowest BCUT2D eigenvalue weighted by Gasteiger charge is -2.25. The molecule has 0 spiro atoms. The van der Waals surface area contributed by atoms with E-state index in [2.05, 4.69) is 10.3 Å². The quantitative estimate of drug-likeness (QED) is 0.102. The maximum absolute atomic E-state index is 11.9. The van der Waals surface area contributed by atoms with Gasteiger partial charge in [0.1, 0.15) is 18.3 Å². The molecule has 0 fully saturated rings. The number of amides is 1. The van der Waals surface area contributed by atoms with Gasteiger partial charge < -0.3 is 36.9 Å². The van der Waals surface area contributed by atoms with E-state index in [9.17, 15) is 30.0 Å². The number of nitrogens with zero attached hydrogens (tertiary/aromatic N) is 1. The SMILES string of the molecule is CCCCNC(=O)[C@@H](O)[C@H](O)[C@H](O)[C@@H](O)C(=O)CCCN=C(N)CCC(C)=N. The van der Waals surface area contributed by atoms with E-state index in [0.29, 0.717) is 37.4 Å². The van der Waals surface area contributed by atoms with Gasteiger partial charge in [-0.15, -0.1) is 0 Å². The predicted octanol–water partition coefficient (Wildman–Crippen LogP) is -1.13. The summed E-state index contributed by atoms with van der Waals surface area (Å²) in [6.07, 6.45) is -5.28. The smallest absolute Gasteiger partial charge is 0.251 e. The predicted molar refractivity (Wildman–Crippen MR) is 105 cm³/mol. The number of hydrogen-bond acceptors (Lipinski definition) is 8. The molecule has 0 unspecified atom stereocenters. The van der Waals surface area contributed by atoms with Crippen molar-refractivity contribution in [2.75, 3.05) is 13.1 Å². The molecule has 0 aromatic rings. The molecule has 0 radical (unpaired) electrons. The summed E-state index contributed by atoms with van der Waals surface area (Å²) in [5.74, 6) is -1.26. The number of aliphatic imine (C=N–C) groups is 1. The van der Waals surface area contributed by atoms with Gasteiger partial charge in [-0.3, -0.25) is 14.6 Å². The number of amidine groups is 1. The van der Waals surface area contributed by atoms with Gasteiger partial charge in [0.25, 0.3) is 5.91 Å². The van der Waals surface area contributed by atoms with Crippen molar-refractivity contribution in [2.24, 2.45) is 10.7 Å². The molecule has 162 valence electrons. The number of hydrogen-bond donors (Lipinski definition) is 7. The maximum Gasteiger partial charge on any atom is 0.251 e. The minimum atomic E-state index is -2.00. The number of carbonyl (C=O) groups excluding carboxylic acids is 2. The van der Waals surface area contributed by atoms with Gasteiger partial charge in [0.15, 0.2) is 11.9 Å². The van der Waals surface area contributed by atoms with Crippen molar-refractivity contribution < 1.29 is 30.0 Å². The van der Waals surface area contributed by atoms with Crippen LogP contribution in [0.5, 0.6) is 0 Å². The first-order chi connectivity index (χ1) is 13.1. The topological polar surface area (TPSA) is 189 Å². The zero-order chi connectivity index (χ0) is 21.7. The summed E-state index contributed by atoms with van der Waals surface area (Å²) in [6, 6.07) is 0. The number of carbonyl (C=O) groups is 2. The Morgan fingerprint density at radius 1 is 1.04 bits per heavy atom. The van der Waals surface area contributed by atoms with Crippen molar-refractivity contribution in [3.05, 3.63) is 0 Å². The van der Waals surface area contributed by atoms with E-state index in [1.54, 1.807) is 6.92 Å². The van der Waals surface area contributed by atoms with Crippen LogP contribution in [0, 0.1) is 5.41 Å². The fourth-order valence-corrected chi connectivity index (χ4v) is 2.23. The van der Waals surface area contributed by atoms with E-state index >= 15 is 0 Å². The minimum absolute atomic E-state index is 0.121. The number of nitrogens with one attached hydrogen (secondary N) is 2. The molecule has 0 bridgehead atoms. The van der Waals surface area contributed by atoms with Gasteiger partial charge in [-0.1, -0.05) is 13.3 Å². The number of aliphatic hydroxyl groups is 4. The summed E-state index contributed by atoms with van der Waals surface area (Å²) in [7, 11) is 0. The van der Waals surface area contributed by atoms with Crippen molar-refractivity contribution in [2.45, 2.75) is 76.8 Å². The van der Waals surface area contributed by atoms with Gasteiger partial charge in [-0.05, 0) is 26.2 Å². The van der Waals surface area contributed by atoms with Gasteiger partial charge >= 0.3 is 0 Å². The van der Waals surface area contributed by atoms with Crippen LogP contribution in [-0.4, -0.2) is 81.2 Å². The second-order valence-corrected chi connectivity index (χ2v) is 6.74. The van der Waals surface area contributed by atoms with Gasteiger partial charge in [0.05, 0.1) is 5.84 Å². The Bertz CT molecular complexity index is 540. The van der Waals surface area contributed by atoms with Crippen molar-refractivity contribution >= 4 is 23.2 Å². The van der Waals surface area contributed by atoms with Crippen LogP contribution in [0.3, 0.4) is 0 Å². The van der Waals surface area contributed by atoms with Crippen LogP contribution in [0.4, 0.5) is 0 Å². The molecule has 0 aromatic carbocycles. The summed E-state index contributed by atoms with van der Waals surface area (Å²) in [5.41, 5.74) is 6.16. The monoisotopic (exact) mass is 402 g/mol. The van der Waals surface area contributed by atoms with Gasteiger partial charge in [-0.2, -0.15) is 0 Å². The fraction of sp³-hybridized carbons (Fsp3) is 0.778. The molecule has 28 heavy (non-hydrogen) atoms. The Morgan fingerprint density at radius 3 is 2.21 bits per heavy atom. The molecular formula is C18H34N4O6. The molecule has 10 heteroatoms. The van der Waals surface area contributed by atoms with E-state index in [4.69, 9.17) is 11.1 Å². The molecule has 1 amide bonds. The van der Waals surface area contributed by atoms with Crippen molar-refractivity contribution in [3.8, 4) is 0 Å². The highest BCUT2D eigenvalue weighted by Gasteiger charge is 2.36. The third kappa shape index (κ3) is 10.5. The van der Waals surface area contributed by atoms with Crippen molar-refractivity contribution in [3.63, 3.8) is 0 Å².